The van der Waals surface area contributed by atoms with Crippen molar-refractivity contribution in [3.63, 3.8) is 0 Å². The molecule has 25 heavy (non-hydrogen) atoms. The molecule has 1 aromatic rings. The molecule has 7 heteroatoms. The van der Waals surface area contributed by atoms with Gasteiger partial charge in [-0.25, -0.2) is 0 Å². The van der Waals surface area contributed by atoms with E-state index >= 15 is 0 Å². The molecule has 0 saturated carbocycles. The van der Waals surface area contributed by atoms with E-state index in [0.29, 0.717) is 13.0 Å². The van der Waals surface area contributed by atoms with Crippen LogP contribution >= 0.6 is 0 Å². The van der Waals surface area contributed by atoms with E-state index in [9.17, 15) is 4.79 Å². The molecule has 140 valence electrons. The van der Waals surface area contributed by atoms with Crippen LogP contribution in [-0.4, -0.2) is 77.2 Å². The third-order valence-corrected chi connectivity index (χ3v) is 3.88. The number of methoxy groups -OCH3 is 2. The molecule has 0 aromatic heterocycles. The largest absolute Gasteiger partial charge is 0.493 e. The molecule has 0 fully saturated rings. The maximum absolute atomic E-state index is 11.6. The summed E-state index contributed by atoms with van der Waals surface area (Å²) in [6, 6.07) is 5.92. The Bertz CT molecular complexity index is 588. The number of ether oxygens (including phenoxy) is 2. The van der Waals surface area contributed by atoms with Crippen LogP contribution in [-0.2, 0) is 11.2 Å². The van der Waals surface area contributed by atoms with E-state index < -0.39 is 0 Å². The Balaban J connectivity index is 2.53. The predicted molar refractivity (Wildman–Crippen MR) is 101 cm³/mol. The van der Waals surface area contributed by atoms with E-state index in [-0.39, 0.29) is 5.91 Å². The Morgan fingerprint density at radius 3 is 2.40 bits per heavy atom. The van der Waals surface area contributed by atoms with Crippen LogP contribution in [0, 0.1) is 0 Å². The number of likely N-dealkylation sites (N-methyl/N-ethyl adjacent to an activating group) is 1. The minimum atomic E-state index is 0.0935. The number of carbonyl (C=O) groups is 1. The maximum Gasteiger partial charge on any atom is 0.223 e. The number of hydrogen-bond acceptors (Lipinski definition) is 4. The molecular weight excluding hydrogens is 320 g/mol. The van der Waals surface area contributed by atoms with Crippen molar-refractivity contribution < 1.29 is 14.3 Å². The molecule has 0 unspecified atom stereocenters. The third kappa shape index (κ3) is 6.52. The highest BCUT2D eigenvalue weighted by Crippen LogP contribution is 2.27. The molecule has 1 rings (SSSR count). The fraction of sp³-hybridized carbons (Fsp3) is 0.556. The molecule has 0 aliphatic rings. The van der Waals surface area contributed by atoms with Crippen LogP contribution in [0.5, 0.6) is 11.5 Å². The number of nitrogens with one attached hydrogen (secondary N) is 1. The topological polar surface area (TPSA) is 66.4 Å². The number of aliphatic imine (C=N–C) groups is 1. The van der Waals surface area contributed by atoms with Crippen molar-refractivity contribution >= 4 is 11.9 Å². The van der Waals surface area contributed by atoms with E-state index in [4.69, 9.17) is 9.47 Å². The van der Waals surface area contributed by atoms with Gasteiger partial charge in [0.1, 0.15) is 0 Å². The standard InChI is InChI=1S/C18H30N4O3/c1-19-18(20-11-9-17(23)21(2)3)22(4)12-10-14-7-8-15(24-5)16(13-14)25-6/h7-8,13H,9-12H2,1-6H3,(H,19,20). The Hall–Kier alpha value is -2.44. The van der Waals surface area contributed by atoms with Gasteiger partial charge in [-0.2, -0.15) is 0 Å². The number of benzene rings is 1. The van der Waals surface area contributed by atoms with Gasteiger partial charge in [-0.15, -0.1) is 0 Å². The van der Waals surface area contributed by atoms with Gasteiger partial charge in [-0.3, -0.25) is 9.79 Å². The van der Waals surface area contributed by atoms with Gasteiger partial charge in [0.05, 0.1) is 14.2 Å². The summed E-state index contributed by atoms with van der Waals surface area (Å²) in [5, 5.41) is 3.22. The van der Waals surface area contributed by atoms with Gasteiger partial charge in [0.2, 0.25) is 5.91 Å². The first kappa shape index (κ1) is 20.6. The molecule has 1 amide bonds. The van der Waals surface area contributed by atoms with Crippen molar-refractivity contribution in [1.82, 2.24) is 15.1 Å². The van der Waals surface area contributed by atoms with E-state index in [2.05, 4.69) is 10.3 Å². The maximum atomic E-state index is 11.6. The lowest BCUT2D eigenvalue weighted by Crippen LogP contribution is -2.41. The molecule has 0 radical (unpaired) electrons. The first-order chi connectivity index (χ1) is 11.9. The van der Waals surface area contributed by atoms with E-state index in [1.54, 1.807) is 40.3 Å². The summed E-state index contributed by atoms with van der Waals surface area (Å²) in [4.78, 5) is 19.5. The van der Waals surface area contributed by atoms with Crippen LogP contribution in [0.3, 0.4) is 0 Å². The lowest BCUT2D eigenvalue weighted by atomic mass is 10.1. The van der Waals surface area contributed by atoms with Gasteiger partial charge >= 0.3 is 0 Å². The number of carbonyl (C=O) groups excluding carboxylic acids is 1. The zero-order valence-electron chi connectivity index (χ0n) is 16.1. The Morgan fingerprint density at radius 1 is 1.16 bits per heavy atom. The number of guanidine groups is 1. The molecule has 0 saturated heterocycles. The van der Waals surface area contributed by atoms with E-state index in [1.165, 1.54) is 0 Å². The molecule has 0 aliphatic heterocycles. The van der Waals surface area contributed by atoms with Gasteiger partial charge in [-0.05, 0) is 24.1 Å². The van der Waals surface area contributed by atoms with E-state index in [0.717, 1.165) is 36.0 Å². The second-order valence-corrected chi connectivity index (χ2v) is 5.87. The summed E-state index contributed by atoms with van der Waals surface area (Å²) < 4.78 is 10.6. The summed E-state index contributed by atoms with van der Waals surface area (Å²) in [5.41, 5.74) is 1.16. The first-order valence-corrected chi connectivity index (χ1v) is 8.25. The fourth-order valence-corrected chi connectivity index (χ4v) is 2.33. The molecule has 1 N–H and O–H groups in total. The second kappa shape index (κ2) is 10.4. The minimum Gasteiger partial charge on any atom is -0.493 e. The zero-order valence-corrected chi connectivity index (χ0v) is 16.1. The molecule has 0 atom stereocenters. The number of amides is 1. The fourth-order valence-electron chi connectivity index (χ4n) is 2.33. The lowest BCUT2D eigenvalue weighted by molar-refractivity contribution is -0.128. The van der Waals surface area contributed by atoms with Crippen LogP contribution in [0.4, 0.5) is 0 Å². The monoisotopic (exact) mass is 350 g/mol. The molecule has 7 nitrogen and oxygen atoms in total. The smallest absolute Gasteiger partial charge is 0.223 e. The average molecular weight is 350 g/mol. The number of rotatable bonds is 8. The summed E-state index contributed by atoms with van der Waals surface area (Å²) in [6.07, 6.45) is 1.28. The van der Waals surface area contributed by atoms with Gasteiger partial charge < -0.3 is 24.6 Å². The van der Waals surface area contributed by atoms with Crippen LogP contribution in [0.15, 0.2) is 23.2 Å². The summed E-state index contributed by atoms with van der Waals surface area (Å²) in [7, 11) is 10.5. The molecule has 0 aliphatic carbocycles. The van der Waals surface area contributed by atoms with E-state index in [1.807, 2.05) is 30.1 Å². The third-order valence-electron chi connectivity index (χ3n) is 3.88. The molecule has 0 bridgehead atoms. The van der Waals surface area contributed by atoms with Crippen LogP contribution in [0.2, 0.25) is 0 Å². The van der Waals surface area contributed by atoms with Crippen molar-refractivity contribution in [1.29, 1.82) is 0 Å². The van der Waals surface area contributed by atoms with Crippen molar-refractivity contribution in [2.24, 2.45) is 4.99 Å². The quantitative estimate of drug-likeness (QED) is 0.564. The molecule has 0 heterocycles. The second-order valence-electron chi connectivity index (χ2n) is 5.87. The van der Waals surface area contributed by atoms with Crippen LogP contribution in [0.1, 0.15) is 12.0 Å². The lowest BCUT2D eigenvalue weighted by Gasteiger charge is -2.22. The zero-order chi connectivity index (χ0) is 18.8. The molecule has 0 spiro atoms. The van der Waals surface area contributed by atoms with Crippen LogP contribution < -0.4 is 14.8 Å². The van der Waals surface area contributed by atoms with Crippen molar-refractivity contribution in [2.75, 3.05) is 55.5 Å². The SMILES string of the molecule is CN=C(NCCC(=O)N(C)C)N(C)CCc1ccc(OC)c(OC)c1. The van der Waals surface area contributed by atoms with Gasteiger partial charge in [0, 0.05) is 47.7 Å². The number of nitrogens with zero attached hydrogens (tertiary/aromatic N) is 3. The highest BCUT2D eigenvalue weighted by molar-refractivity contribution is 5.81. The Labute approximate surface area is 150 Å². The summed E-state index contributed by atoms with van der Waals surface area (Å²) in [6.45, 7) is 1.35. The van der Waals surface area contributed by atoms with Crippen molar-refractivity contribution in [3.8, 4) is 11.5 Å². The normalized spacial score (nSPS) is 11.0. The molecule has 1 aromatic carbocycles. The van der Waals surface area contributed by atoms with Gasteiger partial charge in [0.15, 0.2) is 17.5 Å². The van der Waals surface area contributed by atoms with Crippen molar-refractivity contribution in [3.05, 3.63) is 23.8 Å². The minimum absolute atomic E-state index is 0.0935. The van der Waals surface area contributed by atoms with Gasteiger partial charge in [-0.1, -0.05) is 6.07 Å². The summed E-state index contributed by atoms with van der Waals surface area (Å²) >= 11 is 0. The summed E-state index contributed by atoms with van der Waals surface area (Å²) in [5.74, 6) is 2.32. The van der Waals surface area contributed by atoms with Crippen LogP contribution in [0.25, 0.3) is 0 Å². The highest BCUT2D eigenvalue weighted by atomic mass is 16.5. The van der Waals surface area contributed by atoms with Crippen molar-refractivity contribution in [2.45, 2.75) is 12.8 Å². The first-order valence-electron chi connectivity index (χ1n) is 8.25. The number of hydrogen-bond donors (Lipinski definition) is 1. The predicted octanol–water partition coefficient (Wildman–Crippen LogP) is 1.23. The molecular formula is C18H30N4O3. The highest BCUT2D eigenvalue weighted by Gasteiger charge is 2.09. The Morgan fingerprint density at radius 2 is 1.84 bits per heavy atom. The van der Waals surface area contributed by atoms with Gasteiger partial charge in [0.25, 0.3) is 0 Å². The average Bonchev–Trinajstić information content (AvgIpc) is 2.62. The Kier molecular flexibility index (Phi) is 8.60.